The summed E-state index contributed by atoms with van der Waals surface area (Å²) in [5.74, 6) is -0.245. The van der Waals surface area contributed by atoms with Gasteiger partial charge in [0.05, 0.1) is 23.4 Å². The first-order valence-electron chi connectivity index (χ1n) is 10.2. The fourth-order valence-electron chi connectivity index (χ4n) is 3.41. The van der Waals surface area contributed by atoms with Crippen LogP contribution in [-0.4, -0.2) is 16.9 Å². The first-order chi connectivity index (χ1) is 15.9. The number of hydrogen-bond donors (Lipinski definition) is 3. The molecule has 4 N–H and O–H groups in total. The van der Waals surface area contributed by atoms with Crippen LogP contribution in [0.25, 0.3) is 22.8 Å². The maximum Gasteiger partial charge on any atom is 0.316 e. The number of rotatable bonds is 6. The number of anilines is 1. The minimum absolute atomic E-state index is 0.216. The fraction of sp³-hybridized carbons (Fsp3) is 0.0800. The van der Waals surface area contributed by atoms with Crippen molar-refractivity contribution in [2.24, 2.45) is 5.73 Å². The third-order valence-corrected chi connectivity index (χ3v) is 5.07. The van der Waals surface area contributed by atoms with E-state index in [-0.39, 0.29) is 23.6 Å². The number of benzene rings is 3. The minimum atomic E-state index is -0.648. The molecule has 166 valence electrons. The maximum atomic E-state index is 14.1. The number of nitrogens with two attached hydrogens (primary N) is 1. The molecule has 0 saturated carbocycles. The summed E-state index contributed by atoms with van der Waals surface area (Å²) >= 11 is 0. The van der Waals surface area contributed by atoms with E-state index in [1.165, 1.54) is 12.3 Å². The topological polar surface area (TPSA) is 110 Å². The molecule has 1 aromatic heterocycles. The predicted octanol–water partition coefficient (Wildman–Crippen LogP) is 5.13. The summed E-state index contributed by atoms with van der Waals surface area (Å²) in [5.41, 5.74) is 7.68. The van der Waals surface area contributed by atoms with Gasteiger partial charge in [0, 0.05) is 11.3 Å². The van der Waals surface area contributed by atoms with Gasteiger partial charge in [0.1, 0.15) is 5.82 Å². The van der Waals surface area contributed by atoms with Gasteiger partial charge in [-0.05, 0) is 48.9 Å². The Hall–Kier alpha value is -4.46. The molecule has 0 radical (unpaired) electrons. The smallest absolute Gasteiger partial charge is 0.316 e. The van der Waals surface area contributed by atoms with Gasteiger partial charge in [0.2, 0.25) is 5.89 Å². The molecule has 7 nitrogen and oxygen atoms in total. The summed E-state index contributed by atoms with van der Waals surface area (Å²) in [6.45, 7) is 1.85. The Labute approximate surface area is 189 Å². The van der Waals surface area contributed by atoms with E-state index in [0.29, 0.717) is 22.4 Å². The average molecular weight is 444 g/mol. The van der Waals surface area contributed by atoms with Crippen molar-refractivity contribution in [1.29, 1.82) is 0 Å². The van der Waals surface area contributed by atoms with Gasteiger partial charge in [0.15, 0.2) is 5.76 Å². The molecule has 0 fully saturated rings. The van der Waals surface area contributed by atoms with Crippen molar-refractivity contribution in [2.75, 3.05) is 5.32 Å². The summed E-state index contributed by atoms with van der Waals surface area (Å²) in [6.07, 6.45) is 1.44. The van der Waals surface area contributed by atoms with Crippen LogP contribution in [0.1, 0.15) is 28.9 Å². The molecule has 1 atom stereocenters. The Kier molecular flexibility index (Phi) is 6.17. The fourth-order valence-corrected chi connectivity index (χ4v) is 3.41. The highest BCUT2D eigenvalue weighted by Gasteiger charge is 2.19. The Bertz CT molecular complexity index is 1300. The Morgan fingerprint density at radius 1 is 0.970 bits per heavy atom. The number of amides is 3. The predicted molar refractivity (Wildman–Crippen MR) is 123 cm³/mol. The number of nitrogens with zero attached hydrogens (tertiary/aromatic N) is 1. The van der Waals surface area contributed by atoms with Crippen molar-refractivity contribution in [2.45, 2.75) is 13.0 Å². The molecular weight excluding hydrogens is 423 g/mol. The van der Waals surface area contributed by atoms with Crippen molar-refractivity contribution in [3.05, 3.63) is 95.9 Å². The number of nitrogens with one attached hydrogen (secondary N) is 2. The molecule has 33 heavy (non-hydrogen) atoms. The number of aromatic nitrogens is 1. The molecule has 3 aromatic carbocycles. The van der Waals surface area contributed by atoms with E-state index in [0.717, 1.165) is 5.56 Å². The normalized spacial score (nSPS) is 11.6. The van der Waals surface area contributed by atoms with Crippen molar-refractivity contribution < 1.29 is 18.4 Å². The first-order valence-corrected chi connectivity index (χ1v) is 10.2. The van der Waals surface area contributed by atoms with Crippen LogP contribution in [0.2, 0.25) is 0 Å². The van der Waals surface area contributed by atoms with Crippen LogP contribution < -0.4 is 16.4 Å². The number of carbonyl (C=O) groups excluding carboxylic acids is 2. The lowest BCUT2D eigenvalue weighted by Gasteiger charge is -2.16. The van der Waals surface area contributed by atoms with Crippen LogP contribution in [0, 0.1) is 5.82 Å². The first kappa shape index (κ1) is 21.8. The summed E-state index contributed by atoms with van der Waals surface area (Å²) < 4.78 is 19.9. The number of halogens is 1. The Balaban J connectivity index is 1.54. The summed E-state index contributed by atoms with van der Waals surface area (Å²) in [6, 6.07) is 19.2. The highest BCUT2D eigenvalue weighted by molar-refractivity contribution is 6.00. The van der Waals surface area contributed by atoms with Gasteiger partial charge >= 0.3 is 6.03 Å². The van der Waals surface area contributed by atoms with E-state index in [4.69, 9.17) is 10.2 Å². The lowest BCUT2D eigenvalue weighted by molar-refractivity contribution is 0.0940. The van der Waals surface area contributed by atoms with Gasteiger partial charge in [-0.1, -0.05) is 36.4 Å². The van der Waals surface area contributed by atoms with E-state index >= 15 is 0 Å². The van der Waals surface area contributed by atoms with Crippen molar-refractivity contribution in [3.8, 4) is 22.8 Å². The second kappa shape index (κ2) is 9.35. The van der Waals surface area contributed by atoms with Crippen molar-refractivity contribution in [1.82, 2.24) is 10.3 Å². The Morgan fingerprint density at radius 3 is 2.33 bits per heavy atom. The molecule has 1 unspecified atom stereocenters. The summed E-state index contributed by atoms with van der Waals surface area (Å²) in [4.78, 5) is 28.3. The molecule has 0 saturated heterocycles. The van der Waals surface area contributed by atoms with E-state index in [1.807, 2.05) is 6.92 Å². The van der Waals surface area contributed by atoms with Crippen LogP contribution >= 0.6 is 0 Å². The highest BCUT2D eigenvalue weighted by atomic mass is 19.1. The number of oxazole rings is 1. The lowest BCUT2D eigenvalue weighted by atomic mass is 10.0. The molecule has 1 heterocycles. The minimum Gasteiger partial charge on any atom is -0.436 e. The molecule has 0 bridgehead atoms. The quantitative estimate of drug-likeness (QED) is 0.383. The number of primary amides is 1. The molecule has 0 aliphatic carbocycles. The van der Waals surface area contributed by atoms with Crippen LogP contribution in [-0.2, 0) is 0 Å². The number of carbonyl (C=O) groups is 2. The second-order valence-electron chi connectivity index (χ2n) is 7.36. The molecule has 0 spiro atoms. The lowest BCUT2D eigenvalue weighted by Crippen LogP contribution is -2.27. The zero-order valence-electron chi connectivity index (χ0n) is 17.7. The monoisotopic (exact) mass is 444 g/mol. The van der Waals surface area contributed by atoms with Gasteiger partial charge < -0.3 is 20.8 Å². The van der Waals surface area contributed by atoms with Crippen LogP contribution in [0.15, 0.2) is 83.4 Å². The molecule has 4 aromatic rings. The SMILES string of the molecule is CC(NC(=O)c1ccccc1-c1ncc(-c2ccccc2F)o1)c1ccc(NC(N)=O)cc1. The third kappa shape index (κ3) is 4.90. The van der Waals surface area contributed by atoms with Crippen molar-refractivity contribution in [3.63, 3.8) is 0 Å². The van der Waals surface area contributed by atoms with Gasteiger partial charge in [-0.2, -0.15) is 0 Å². The highest BCUT2D eigenvalue weighted by Crippen LogP contribution is 2.30. The van der Waals surface area contributed by atoms with E-state index < -0.39 is 11.8 Å². The van der Waals surface area contributed by atoms with Gasteiger partial charge in [0.25, 0.3) is 5.91 Å². The molecule has 4 rings (SSSR count). The molecule has 3 amide bonds. The standard InChI is InChI=1S/C25H21FN4O3/c1-15(16-10-12-17(13-11-16)30-25(27)32)29-23(31)18-6-2-3-7-19(18)24-28-14-22(33-24)20-8-4-5-9-21(20)26/h2-15H,1H3,(H,29,31)(H3,27,30,32). The van der Waals surface area contributed by atoms with Crippen LogP contribution in [0.4, 0.5) is 14.9 Å². The molecule has 0 aliphatic rings. The van der Waals surface area contributed by atoms with E-state index in [2.05, 4.69) is 15.6 Å². The van der Waals surface area contributed by atoms with Gasteiger partial charge in [-0.25, -0.2) is 14.2 Å². The summed E-state index contributed by atoms with van der Waals surface area (Å²) in [7, 11) is 0. The second-order valence-corrected chi connectivity index (χ2v) is 7.36. The molecule has 8 heteroatoms. The molecular formula is C25H21FN4O3. The summed E-state index contributed by atoms with van der Waals surface area (Å²) in [5, 5.41) is 5.44. The zero-order chi connectivity index (χ0) is 23.4. The largest absolute Gasteiger partial charge is 0.436 e. The van der Waals surface area contributed by atoms with Gasteiger partial charge in [-0.15, -0.1) is 0 Å². The number of hydrogen-bond acceptors (Lipinski definition) is 4. The van der Waals surface area contributed by atoms with Gasteiger partial charge in [-0.3, -0.25) is 4.79 Å². The number of urea groups is 1. The Morgan fingerprint density at radius 2 is 1.64 bits per heavy atom. The van der Waals surface area contributed by atoms with E-state index in [9.17, 15) is 14.0 Å². The van der Waals surface area contributed by atoms with Crippen LogP contribution in [0.5, 0.6) is 0 Å². The molecule has 0 aliphatic heterocycles. The van der Waals surface area contributed by atoms with Crippen molar-refractivity contribution >= 4 is 17.6 Å². The maximum absolute atomic E-state index is 14.1. The van der Waals surface area contributed by atoms with E-state index in [1.54, 1.807) is 66.7 Å². The van der Waals surface area contributed by atoms with Crippen LogP contribution in [0.3, 0.4) is 0 Å². The third-order valence-electron chi connectivity index (χ3n) is 5.07. The average Bonchev–Trinajstić information content (AvgIpc) is 3.29. The zero-order valence-corrected chi connectivity index (χ0v) is 17.7.